The van der Waals surface area contributed by atoms with Gasteiger partial charge in [0.1, 0.15) is 34.9 Å². The van der Waals surface area contributed by atoms with Gasteiger partial charge in [0.15, 0.2) is 11.6 Å². The molecule has 16 heteroatoms. The third-order valence-electron chi connectivity index (χ3n) is 12.5. The molecule has 0 unspecified atom stereocenters. The van der Waals surface area contributed by atoms with Crippen LogP contribution in [0.5, 0.6) is 0 Å². The summed E-state index contributed by atoms with van der Waals surface area (Å²) in [6, 6.07) is 21.1. The third-order valence-corrected chi connectivity index (χ3v) is 15.8. The first-order valence-corrected chi connectivity index (χ1v) is 24.3. The first-order chi connectivity index (χ1) is 31.0. The van der Waals surface area contributed by atoms with Gasteiger partial charge in [0.05, 0.1) is 54.6 Å². The summed E-state index contributed by atoms with van der Waals surface area (Å²) in [4.78, 5) is 1.31. The zero-order valence-electron chi connectivity index (χ0n) is 37.3. The minimum absolute atomic E-state index is 0.182. The van der Waals surface area contributed by atoms with Gasteiger partial charge in [-0.25, -0.2) is 0 Å². The van der Waals surface area contributed by atoms with Crippen molar-refractivity contribution in [3.8, 4) is 10.0 Å². The molecule has 2 aromatic carbocycles. The van der Waals surface area contributed by atoms with E-state index >= 15 is 0 Å². The second-order valence-electron chi connectivity index (χ2n) is 17.4. The van der Waals surface area contributed by atoms with E-state index in [1.54, 1.807) is 11.3 Å². The van der Waals surface area contributed by atoms with Gasteiger partial charge in [-0.05, 0) is 116 Å². The van der Waals surface area contributed by atoms with Crippen molar-refractivity contribution in [2.45, 2.75) is 105 Å². The van der Waals surface area contributed by atoms with E-state index in [9.17, 15) is 0 Å². The minimum atomic E-state index is -0.239. The number of hydrogen-bond donors (Lipinski definition) is 0. The van der Waals surface area contributed by atoms with Gasteiger partial charge >= 0.3 is 7.12 Å². The van der Waals surface area contributed by atoms with Crippen molar-refractivity contribution in [1.29, 1.82) is 0 Å². The topological polar surface area (TPSA) is 117 Å². The lowest BCUT2D eigenvalue weighted by molar-refractivity contribution is 0.00578. The lowest BCUT2D eigenvalue weighted by atomic mass is 9.75. The predicted molar refractivity (Wildman–Crippen MR) is 254 cm³/mol. The molecule has 1 saturated heterocycles. The summed E-state index contributed by atoms with van der Waals surface area (Å²) >= 11 is 7.28. The molecule has 1 fully saturated rings. The van der Waals surface area contributed by atoms with Crippen LogP contribution in [0.25, 0.3) is 15.6 Å². The number of nitrogens with zero attached hydrogens (tertiary/aromatic N) is 6. The molecule has 4 aromatic heterocycles. The van der Waals surface area contributed by atoms with Gasteiger partial charge in [0.25, 0.3) is 0 Å². The molecule has 9 heterocycles. The van der Waals surface area contributed by atoms with E-state index in [4.69, 9.17) is 28.3 Å². The highest BCUT2D eigenvalue weighted by Crippen LogP contribution is 2.43. The molecule has 0 bridgehead atoms. The zero-order valence-corrected chi connectivity index (χ0v) is 40.5. The molecule has 0 spiro atoms. The van der Waals surface area contributed by atoms with Crippen LogP contribution in [0, 0.1) is 13.8 Å². The molecule has 334 valence electrons. The highest BCUT2D eigenvalue weighted by Gasteiger charge is 2.52. The Kier molecular flexibility index (Phi) is 13.7. The molecule has 0 aliphatic carbocycles. The third kappa shape index (κ3) is 9.44. The Hall–Kier alpha value is -4.10. The van der Waals surface area contributed by atoms with E-state index in [2.05, 4.69) is 140 Å². The molecular weight excluding hydrogens is 911 g/mol. The summed E-state index contributed by atoms with van der Waals surface area (Å²) in [6.45, 7) is 17.4. The number of halogens is 1. The maximum absolute atomic E-state index is 5.97. The Balaban J connectivity index is 0.000000127. The van der Waals surface area contributed by atoms with E-state index in [0.717, 1.165) is 66.0 Å². The molecule has 0 atom stereocenters. The molecular formula is C48H54BBrN6O6S2. The Morgan fingerprint density at radius 3 is 1.75 bits per heavy atom. The van der Waals surface area contributed by atoms with Gasteiger partial charge in [-0.3, -0.25) is 9.13 Å². The lowest BCUT2D eigenvalue weighted by Gasteiger charge is -2.32. The number of thiophene rings is 2. The average molecular weight is 966 g/mol. The number of aromatic nitrogens is 6. The Labute approximate surface area is 391 Å². The van der Waals surface area contributed by atoms with E-state index < -0.39 is 0 Å². The average Bonchev–Trinajstić information content (AvgIpc) is 4.02. The molecule has 6 aromatic rings. The van der Waals surface area contributed by atoms with Crippen LogP contribution < -0.4 is 0 Å². The Bertz CT molecular complexity index is 2640. The highest BCUT2D eigenvalue weighted by molar-refractivity contribution is 9.11. The fourth-order valence-electron chi connectivity index (χ4n) is 8.31. The molecule has 5 aliphatic heterocycles. The van der Waals surface area contributed by atoms with Gasteiger partial charge in [0.2, 0.25) is 0 Å². The molecule has 12 nitrogen and oxygen atoms in total. The van der Waals surface area contributed by atoms with Crippen LogP contribution in [0.15, 0.2) is 82.1 Å². The number of rotatable bonds is 6. The van der Waals surface area contributed by atoms with Gasteiger partial charge < -0.3 is 28.3 Å². The predicted octanol–water partition coefficient (Wildman–Crippen LogP) is 10.0. The molecule has 11 rings (SSSR count). The van der Waals surface area contributed by atoms with Gasteiger partial charge in [-0.1, -0.05) is 72.8 Å². The van der Waals surface area contributed by atoms with Gasteiger partial charge in [-0.15, -0.1) is 43.1 Å². The number of hydrogen-bond acceptors (Lipinski definition) is 12. The van der Waals surface area contributed by atoms with E-state index in [-0.39, 0.29) is 18.3 Å². The van der Waals surface area contributed by atoms with Crippen LogP contribution in [-0.4, -0.2) is 74.3 Å². The minimum Gasteiger partial charge on any atom is -0.400 e. The zero-order chi connectivity index (χ0) is 44.4. The fourth-order valence-corrected chi connectivity index (χ4v) is 11.7. The molecule has 0 radical (unpaired) electrons. The summed E-state index contributed by atoms with van der Waals surface area (Å²) in [6.07, 6.45) is 8.06. The standard InChI is InChI=1S/C21H21N3O2S.C16H14BrN3OS.C11H19BO3/c1-14-22-23-19-13-26-12-18-17(10-15-6-3-2-4-7-15)20(27-21(18)24(14)19)16-8-5-9-25-11-16;1-10-18-19-14-9-21-8-13-12(7-11-5-3-2-4-6-11)15(17)22-16(13)20(10)14;1-10(2)11(3,4)15-12(14-10)9-5-7-13-8-6-9/h2-4,6-8H,5,9-13H2,1H3;2-6H,7-9H2,1H3;5H,6-8H2,1-4H3. The Morgan fingerprint density at radius 2 is 1.20 bits per heavy atom. The van der Waals surface area contributed by atoms with Crippen molar-refractivity contribution in [1.82, 2.24) is 29.5 Å². The summed E-state index contributed by atoms with van der Waals surface area (Å²) in [5.74, 6) is 3.56. The van der Waals surface area contributed by atoms with Crippen LogP contribution in [0.4, 0.5) is 0 Å². The van der Waals surface area contributed by atoms with Crippen molar-refractivity contribution >= 4 is 51.3 Å². The quantitative estimate of drug-likeness (QED) is 0.149. The number of fused-ring (bicyclic) bond motifs is 6. The monoisotopic (exact) mass is 964 g/mol. The second kappa shape index (κ2) is 19.4. The van der Waals surface area contributed by atoms with Gasteiger partial charge in [0, 0.05) is 16.0 Å². The van der Waals surface area contributed by atoms with E-state index in [0.29, 0.717) is 39.6 Å². The number of benzene rings is 2. The second-order valence-corrected chi connectivity index (χ2v) is 20.7. The smallest absolute Gasteiger partial charge is 0.400 e. The van der Waals surface area contributed by atoms with Crippen molar-refractivity contribution in [3.05, 3.63) is 144 Å². The van der Waals surface area contributed by atoms with Crippen molar-refractivity contribution < 1.29 is 28.3 Å². The summed E-state index contributed by atoms with van der Waals surface area (Å²) in [5.41, 5.74) is 9.78. The normalized spacial score (nSPS) is 18.4. The lowest BCUT2D eigenvalue weighted by Crippen LogP contribution is -2.41. The first-order valence-electron chi connectivity index (χ1n) is 21.9. The van der Waals surface area contributed by atoms with Crippen molar-refractivity contribution in [3.63, 3.8) is 0 Å². The SMILES string of the molecule is CC1(C)OB(C2=CCOCC2)OC1(C)C.Cc1nnc2n1-c1sc(Br)c(Cc3ccccc3)c1COC2.Cc1nnc2n1-c1sc(C3=CCCOC3)c(Cc3ccccc3)c1COC2. The van der Waals surface area contributed by atoms with Crippen molar-refractivity contribution in [2.24, 2.45) is 0 Å². The van der Waals surface area contributed by atoms with E-state index in [1.165, 1.54) is 59.3 Å². The van der Waals surface area contributed by atoms with Crippen LogP contribution >= 0.6 is 38.6 Å². The van der Waals surface area contributed by atoms with Crippen LogP contribution in [0.2, 0.25) is 0 Å². The fraction of sp³-hybridized carbons (Fsp3) is 0.417. The van der Waals surface area contributed by atoms with Crippen LogP contribution in [0.1, 0.15) is 102 Å². The number of aryl methyl sites for hydroxylation is 2. The maximum Gasteiger partial charge on any atom is 0.490 e. The summed E-state index contributed by atoms with van der Waals surface area (Å²) < 4.78 is 40.2. The summed E-state index contributed by atoms with van der Waals surface area (Å²) in [5, 5.41) is 19.3. The maximum atomic E-state index is 5.97. The Morgan fingerprint density at radius 1 is 0.641 bits per heavy atom. The molecule has 64 heavy (non-hydrogen) atoms. The van der Waals surface area contributed by atoms with Gasteiger partial charge in [-0.2, -0.15) is 0 Å². The molecule has 5 aliphatic rings. The molecule has 0 N–H and O–H groups in total. The van der Waals surface area contributed by atoms with Crippen LogP contribution in [-0.2, 0) is 67.5 Å². The van der Waals surface area contributed by atoms with Crippen molar-refractivity contribution in [2.75, 3.05) is 26.4 Å². The molecule has 0 amide bonds. The largest absolute Gasteiger partial charge is 0.490 e. The summed E-state index contributed by atoms with van der Waals surface area (Å²) in [7, 11) is -0.182. The highest BCUT2D eigenvalue weighted by atomic mass is 79.9. The number of ether oxygens (including phenoxy) is 4. The molecule has 0 saturated carbocycles. The van der Waals surface area contributed by atoms with Crippen LogP contribution in [0.3, 0.4) is 0 Å². The van der Waals surface area contributed by atoms with E-state index in [1.807, 2.05) is 31.3 Å². The first kappa shape index (κ1) is 45.1.